The van der Waals surface area contributed by atoms with Crippen LogP contribution in [0.4, 0.5) is 17.1 Å². The van der Waals surface area contributed by atoms with Crippen LogP contribution in [0.3, 0.4) is 0 Å². The van der Waals surface area contributed by atoms with Crippen molar-refractivity contribution >= 4 is 38.9 Å². The molecule has 1 fully saturated rings. The van der Waals surface area contributed by atoms with Gasteiger partial charge in [0, 0.05) is 50.2 Å². The van der Waals surface area contributed by atoms with Crippen LogP contribution in [0.5, 0.6) is 0 Å². The van der Waals surface area contributed by atoms with Gasteiger partial charge in [0.1, 0.15) is 0 Å². The Morgan fingerprint density at radius 2 is 1.55 bits per heavy atom. The third-order valence-corrected chi connectivity index (χ3v) is 7.42. The molecule has 0 spiro atoms. The molecule has 33 heavy (non-hydrogen) atoms. The molecule has 1 heterocycles. The first kappa shape index (κ1) is 24.7. The van der Waals surface area contributed by atoms with E-state index >= 15 is 0 Å². The lowest BCUT2D eigenvalue weighted by Crippen LogP contribution is -2.37. The first-order valence-electron chi connectivity index (χ1n) is 10.9. The fourth-order valence-corrected chi connectivity index (χ4v) is 5.17. The van der Waals surface area contributed by atoms with Crippen molar-refractivity contribution < 1.29 is 22.7 Å². The number of morpholine rings is 1. The zero-order valence-electron chi connectivity index (χ0n) is 19.1. The monoisotopic (exact) mass is 474 g/mol. The minimum Gasteiger partial charge on any atom is -0.378 e. The van der Waals surface area contributed by atoms with Gasteiger partial charge >= 0.3 is 0 Å². The fourth-order valence-electron chi connectivity index (χ4n) is 3.69. The first-order valence-corrected chi connectivity index (χ1v) is 12.4. The number of amides is 2. The lowest BCUT2D eigenvalue weighted by molar-refractivity contribution is -0.114. The van der Waals surface area contributed by atoms with Crippen molar-refractivity contribution in [2.45, 2.75) is 25.7 Å². The number of hydrogen-bond donors (Lipinski definition) is 2. The van der Waals surface area contributed by atoms with Crippen molar-refractivity contribution in [3.63, 3.8) is 0 Å². The average Bonchev–Trinajstić information content (AvgIpc) is 2.81. The van der Waals surface area contributed by atoms with Crippen LogP contribution >= 0.6 is 0 Å². The quantitative estimate of drug-likeness (QED) is 0.609. The number of ether oxygens (including phenoxy) is 1. The van der Waals surface area contributed by atoms with Crippen LogP contribution in [0.2, 0.25) is 0 Å². The van der Waals surface area contributed by atoms with Crippen molar-refractivity contribution in [3.05, 3.63) is 48.0 Å². The molecule has 2 aromatic rings. The Hall–Kier alpha value is -2.95. The van der Waals surface area contributed by atoms with Gasteiger partial charge in [0.2, 0.25) is 15.9 Å². The molecule has 0 bridgehead atoms. The molecular formula is C23H30N4O5S. The summed E-state index contributed by atoms with van der Waals surface area (Å²) >= 11 is 0. The summed E-state index contributed by atoms with van der Waals surface area (Å²) in [5.74, 6) is -0.603. The standard InChI is InChI=1S/C23H30N4O5S/c1-4-27(5-2)33(30,31)20-10-11-22(26-12-14-32-15-13-26)21(16-20)23(29)25-19-8-6-18(7-9-19)24-17(3)28/h6-11,16H,4-5,12-15H2,1-3H3,(H,24,28)(H,25,29). The van der Waals surface area contributed by atoms with Crippen LogP contribution in [0.15, 0.2) is 47.4 Å². The van der Waals surface area contributed by atoms with E-state index in [2.05, 4.69) is 10.6 Å². The maximum absolute atomic E-state index is 13.3. The zero-order valence-corrected chi connectivity index (χ0v) is 19.9. The van der Waals surface area contributed by atoms with E-state index < -0.39 is 15.9 Å². The Balaban J connectivity index is 1.95. The van der Waals surface area contributed by atoms with Crippen LogP contribution in [-0.4, -0.2) is 63.9 Å². The molecular weight excluding hydrogens is 444 g/mol. The molecule has 1 saturated heterocycles. The van der Waals surface area contributed by atoms with E-state index in [0.29, 0.717) is 56.5 Å². The van der Waals surface area contributed by atoms with Gasteiger partial charge in [-0.05, 0) is 42.5 Å². The molecule has 1 aliphatic rings. The van der Waals surface area contributed by atoms with E-state index in [9.17, 15) is 18.0 Å². The Bertz CT molecular complexity index is 1090. The van der Waals surface area contributed by atoms with E-state index in [-0.39, 0.29) is 16.4 Å². The van der Waals surface area contributed by atoms with Crippen molar-refractivity contribution in [2.24, 2.45) is 0 Å². The van der Waals surface area contributed by atoms with Crippen molar-refractivity contribution in [3.8, 4) is 0 Å². The van der Waals surface area contributed by atoms with Crippen LogP contribution < -0.4 is 15.5 Å². The normalized spacial score (nSPS) is 14.2. The third-order valence-electron chi connectivity index (χ3n) is 5.37. The number of nitrogens with zero attached hydrogens (tertiary/aromatic N) is 2. The highest BCUT2D eigenvalue weighted by atomic mass is 32.2. The van der Waals surface area contributed by atoms with Gasteiger partial charge in [-0.25, -0.2) is 8.42 Å². The minimum atomic E-state index is -3.72. The largest absolute Gasteiger partial charge is 0.378 e. The number of rotatable bonds is 8. The SMILES string of the molecule is CCN(CC)S(=O)(=O)c1ccc(N2CCOCC2)c(C(=O)Nc2ccc(NC(C)=O)cc2)c1. The molecule has 2 aromatic carbocycles. The molecule has 9 nitrogen and oxygen atoms in total. The molecule has 178 valence electrons. The third kappa shape index (κ3) is 5.89. The second-order valence-electron chi connectivity index (χ2n) is 7.58. The molecule has 0 saturated carbocycles. The highest BCUT2D eigenvalue weighted by Gasteiger charge is 2.26. The number of hydrogen-bond acceptors (Lipinski definition) is 6. The lowest BCUT2D eigenvalue weighted by Gasteiger charge is -2.30. The second-order valence-corrected chi connectivity index (χ2v) is 9.52. The summed E-state index contributed by atoms with van der Waals surface area (Å²) in [5, 5.41) is 5.51. The number of carbonyl (C=O) groups is 2. The lowest BCUT2D eigenvalue weighted by atomic mass is 10.1. The molecule has 0 unspecified atom stereocenters. The van der Waals surface area contributed by atoms with Gasteiger partial charge in [-0.1, -0.05) is 13.8 Å². The molecule has 0 radical (unpaired) electrons. The molecule has 0 aromatic heterocycles. The summed E-state index contributed by atoms with van der Waals surface area (Å²) in [4.78, 5) is 26.6. The molecule has 1 aliphatic heterocycles. The van der Waals surface area contributed by atoms with Gasteiger partial charge in [-0.15, -0.1) is 0 Å². The van der Waals surface area contributed by atoms with Crippen LogP contribution in [0, 0.1) is 0 Å². The van der Waals surface area contributed by atoms with Gasteiger partial charge in [0.15, 0.2) is 0 Å². The average molecular weight is 475 g/mol. The van der Waals surface area contributed by atoms with Crippen molar-refractivity contribution in [2.75, 3.05) is 54.9 Å². The number of anilines is 3. The van der Waals surface area contributed by atoms with Gasteiger partial charge in [0.05, 0.1) is 23.7 Å². The van der Waals surface area contributed by atoms with Gasteiger partial charge in [-0.3, -0.25) is 9.59 Å². The highest BCUT2D eigenvalue weighted by Crippen LogP contribution is 2.28. The van der Waals surface area contributed by atoms with Crippen molar-refractivity contribution in [1.29, 1.82) is 0 Å². The Morgan fingerprint density at radius 1 is 0.970 bits per heavy atom. The minimum absolute atomic E-state index is 0.0781. The molecule has 2 N–H and O–H groups in total. The van der Waals surface area contributed by atoms with Gasteiger partial charge in [0.25, 0.3) is 5.91 Å². The highest BCUT2D eigenvalue weighted by molar-refractivity contribution is 7.89. The molecule has 3 rings (SSSR count). The molecule has 0 aliphatic carbocycles. The predicted molar refractivity (Wildman–Crippen MR) is 128 cm³/mol. The number of carbonyl (C=O) groups excluding carboxylic acids is 2. The fraction of sp³-hybridized carbons (Fsp3) is 0.391. The summed E-state index contributed by atoms with van der Waals surface area (Å²) < 4.78 is 32.9. The Morgan fingerprint density at radius 3 is 2.09 bits per heavy atom. The smallest absolute Gasteiger partial charge is 0.257 e. The second kappa shape index (κ2) is 10.8. The van der Waals surface area contributed by atoms with E-state index in [0.717, 1.165) is 0 Å². The summed E-state index contributed by atoms with van der Waals surface area (Å²) in [6, 6.07) is 11.4. The summed E-state index contributed by atoms with van der Waals surface area (Å²) in [7, 11) is -3.72. The summed E-state index contributed by atoms with van der Waals surface area (Å²) in [6.07, 6.45) is 0. The topological polar surface area (TPSA) is 108 Å². The van der Waals surface area contributed by atoms with Gasteiger partial charge < -0.3 is 20.3 Å². The Labute approximate surface area is 194 Å². The van der Waals surface area contributed by atoms with E-state index in [1.807, 2.05) is 4.90 Å². The summed E-state index contributed by atoms with van der Waals surface area (Å²) in [5.41, 5.74) is 2.07. The van der Waals surface area contributed by atoms with Crippen LogP contribution in [0.1, 0.15) is 31.1 Å². The first-order chi connectivity index (χ1) is 15.8. The number of nitrogens with one attached hydrogen (secondary N) is 2. The summed E-state index contributed by atoms with van der Waals surface area (Å²) in [6.45, 7) is 7.93. The zero-order chi connectivity index (χ0) is 24.0. The van der Waals surface area contributed by atoms with E-state index in [1.165, 1.54) is 17.3 Å². The maximum Gasteiger partial charge on any atom is 0.257 e. The Kier molecular flexibility index (Phi) is 8.06. The number of sulfonamides is 1. The molecule has 2 amide bonds. The van der Waals surface area contributed by atoms with E-state index in [4.69, 9.17) is 4.74 Å². The van der Waals surface area contributed by atoms with Crippen LogP contribution in [0.25, 0.3) is 0 Å². The molecule has 10 heteroatoms. The number of benzene rings is 2. The van der Waals surface area contributed by atoms with Crippen LogP contribution in [-0.2, 0) is 19.6 Å². The predicted octanol–water partition coefficient (Wildman–Crippen LogP) is 2.76. The molecule has 0 atom stereocenters. The van der Waals surface area contributed by atoms with Gasteiger partial charge in [-0.2, -0.15) is 4.31 Å². The maximum atomic E-state index is 13.3. The van der Waals surface area contributed by atoms with E-state index in [1.54, 1.807) is 50.2 Å². The van der Waals surface area contributed by atoms with Crippen molar-refractivity contribution in [1.82, 2.24) is 4.31 Å².